The number of furan rings is 1. The fraction of sp³-hybridized carbons (Fsp3) is 0.636. The summed E-state index contributed by atoms with van der Waals surface area (Å²) in [6, 6.07) is -0.111. The first-order valence-electron chi connectivity index (χ1n) is 5.64. The van der Waals surface area contributed by atoms with Gasteiger partial charge in [-0.25, -0.2) is 13.1 Å². The predicted octanol–water partition coefficient (Wildman–Crippen LogP) is 1.43. The van der Waals surface area contributed by atoms with Gasteiger partial charge in [-0.1, -0.05) is 6.92 Å². The molecule has 98 valence electrons. The molecule has 17 heavy (non-hydrogen) atoms. The lowest BCUT2D eigenvalue weighted by molar-refractivity contribution is 0.493. The van der Waals surface area contributed by atoms with Crippen LogP contribution in [-0.4, -0.2) is 14.5 Å². The molecule has 0 aliphatic rings. The van der Waals surface area contributed by atoms with Gasteiger partial charge in [-0.05, 0) is 27.2 Å². The zero-order valence-electron chi connectivity index (χ0n) is 10.7. The van der Waals surface area contributed by atoms with Crippen molar-refractivity contribution in [1.29, 1.82) is 0 Å². The van der Waals surface area contributed by atoms with E-state index in [2.05, 4.69) is 4.72 Å². The molecule has 6 heteroatoms. The van der Waals surface area contributed by atoms with Crippen molar-refractivity contribution in [2.24, 2.45) is 5.73 Å². The minimum absolute atomic E-state index is 0.111. The molecule has 0 radical (unpaired) electrons. The Kier molecular flexibility index (Phi) is 4.35. The van der Waals surface area contributed by atoms with Crippen LogP contribution in [0.2, 0.25) is 0 Å². The third-order valence-corrected chi connectivity index (χ3v) is 4.55. The van der Waals surface area contributed by atoms with E-state index in [9.17, 15) is 8.42 Å². The molecule has 1 aromatic heterocycles. The maximum absolute atomic E-state index is 12.2. The monoisotopic (exact) mass is 260 g/mol. The molecule has 1 unspecified atom stereocenters. The van der Waals surface area contributed by atoms with E-state index < -0.39 is 10.0 Å². The van der Waals surface area contributed by atoms with E-state index in [1.54, 1.807) is 13.8 Å². The van der Waals surface area contributed by atoms with Gasteiger partial charge in [-0.15, -0.1) is 0 Å². The summed E-state index contributed by atoms with van der Waals surface area (Å²) in [6.07, 6.45) is 0.729. The highest BCUT2D eigenvalue weighted by molar-refractivity contribution is 7.89. The molecular formula is C11H20N2O3S. The third-order valence-electron chi connectivity index (χ3n) is 2.77. The Morgan fingerprint density at radius 3 is 2.41 bits per heavy atom. The second-order valence-electron chi connectivity index (χ2n) is 4.16. The largest absolute Gasteiger partial charge is 0.465 e. The van der Waals surface area contributed by atoms with Crippen LogP contribution in [0.1, 0.15) is 37.4 Å². The summed E-state index contributed by atoms with van der Waals surface area (Å²) < 4.78 is 32.3. The Bertz CT molecular complexity index is 491. The topological polar surface area (TPSA) is 85.3 Å². The van der Waals surface area contributed by atoms with Gasteiger partial charge < -0.3 is 10.2 Å². The molecule has 3 N–H and O–H groups in total. The highest BCUT2D eigenvalue weighted by atomic mass is 32.2. The highest BCUT2D eigenvalue weighted by Gasteiger charge is 2.26. The van der Waals surface area contributed by atoms with Gasteiger partial charge in [0.15, 0.2) is 0 Å². The van der Waals surface area contributed by atoms with Crippen molar-refractivity contribution in [3.05, 3.63) is 17.1 Å². The molecule has 1 heterocycles. The molecule has 1 aromatic rings. The molecule has 0 saturated carbocycles. The van der Waals surface area contributed by atoms with E-state index in [0.29, 0.717) is 17.1 Å². The standard InChI is InChI=1S/C11H20N2O3S/c1-5-7(2)13-17(14,15)11-9(4)16-8(3)10(11)6-12/h7,13H,5-6,12H2,1-4H3. The van der Waals surface area contributed by atoms with Crippen molar-refractivity contribution < 1.29 is 12.8 Å². The van der Waals surface area contributed by atoms with Crippen LogP contribution in [0.15, 0.2) is 9.31 Å². The van der Waals surface area contributed by atoms with E-state index in [0.717, 1.165) is 6.42 Å². The first-order valence-corrected chi connectivity index (χ1v) is 7.13. The number of hydrogen-bond donors (Lipinski definition) is 2. The minimum atomic E-state index is -3.55. The maximum atomic E-state index is 12.2. The summed E-state index contributed by atoms with van der Waals surface area (Å²) in [5.74, 6) is 0.952. The van der Waals surface area contributed by atoms with Gasteiger partial charge in [0, 0.05) is 18.2 Å². The maximum Gasteiger partial charge on any atom is 0.244 e. The molecule has 0 bridgehead atoms. The molecule has 0 spiro atoms. The van der Waals surface area contributed by atoms with Crippen molar-refractivity contribution in [3.63, 3.8) is 0 Å². The van der Waals surface area contributed by atoms with Crippen molar-refractivity contribution in [2.45, 2.75) is 51.6 Å². The molecule has 0 saturated heterocycles. The molecular weight excluding hydrogens is 240 g/mol. The van der Waals surface area contributed by atoms with Gasteiger partial charge in [0.2, 0.25) is 10.0 Å². The zero-order chi connectivity index (χ0) is 13.2. The Morgan fingerprint density at radius 2 is 1.94 bits per heavy atom. The van der Waals surface area contributed by atoms with Gasteiger partial charge in [-0.3, -0.25) is 0 Å². The molecule has 0 aromatic carbocycles. The van der Waals surface area contributed by atoms with Crippen LogP contribution in [0.25, 0.3) is 0 Å². The third kappa shape index (κ3) is 2.88. The second-order valence-corrected chi connectivity index (χ2v) is 5.81. The molecule has 5 nitrogen and oxygen atoms in total. The van der Waals surface area contributed by atoms with Crippen molar-refractivity contribution in [1.82, 2.24) is 4.72 Å². The summed E-state index contributed by atoms with van der Waals surface area (Å²) in [7, 11) is -3.55. The summed E-state index contributed by atoms with van der Waals surface area (Å²) in [5, 5.41) is 0. The van der Waals surface area contributed by atoms with Crippen LogP contribution >= 0.6 is 0 Å². The van der Waals surface area contributed by atoms with Gasteiger partial charge in [0.05, 0.1) is 0 Å². The molecule has 1 atom stereocenters. The smallest absolute Gasteiger partial charge is 0.244 e. The SMILES string of the molecule is CCC(C)NS(=O)(=O)c1c(C)oc(C)c1CN. The van der Waals surface area contributed by atoms with Crippen LogP contribution in [0.4, 0.5) is 0 Å². The first-order chi connectivity index (χ1) is 7.83. The number of nitrogens with one attached hydrogen (secondary N) is 1. The van der Waals surface area contributed by atoms with E-state index in [1.807, 2.05) is 13.8 Å². The average Bonchev–Trinajstić information content (AvgIpc) is 2.52. The summed E-state index contributed by atoms with van der Waals surface area (Å²) in [4.78, 5) is 0.192. The summed E-state index contributed by atoms with van der Waals surface area (Å²) in [5.41, 5.74) is 6.13. The number of hydrogen-bond acceptors (Lipinski definition) is 4. The van der Waals surface area contributed by atoms with Crippen molar-refractivity contribution in [3.8, 4) is 0 Å². The number of aryl methyl sites for hydroxylation is 2. The van der Waals surface area contributed by atoms with E-state index in [-0.39, 0.29) is 17.5 Å². The molecule has 0 aliphatic carbocycles. The quantitative estimate of drug-likeness (QED) is 0.838. The Morgan fingerprint density at radius 1 is 1.35 bits per heavy atom. The van der Waals surface area contributed by atoms with Crippen LogP contribution < -0.4 is 10.5 Å². The highest BCUT2D eigenvalue weighted by Crippen LogP contribution is 2.26. The van der Waals surface area contributed by atoms with Crippen LogP contribution in [0, 0.1) is 13.8 Å². The predicted molar refractivity (Wildman–Crippen MR) is 66.1 cm³/mol. The summed E-state index contributed by atoms with van der Waals surface area (Å²) in [6.45, 7) is 7.25. The lowest BCUT2D eigenvalue weighted by Crippen LogP contribution is -2.32. The van der Waals surface area contributed by atoms with Crippen molar-refractivity contribution in [2.75, 3.05) is 0 Å². The van der Waals surface area contributed by atoms with E-state index in [1.165, 1.54) is 0 Å². The lowest BCUT2D eigenvalue weighted by atomic mass is 10.2. The molecule has 0 aliphatic heterocycles. The zero-order valence-corrected chi connectivity index (χ0v) is 11.5. The molecule has 0 fully saturated rings. The fourth-order valence-corrected chi connectivity index (χ4v) is 3.49. The van der Waals surface area contributed by atoms with E-state index in [4.69, 9.17) is 10.2 Å². The summed E-state index contributed by atoms with van der Waals surface area (Å²) >= 11 is 0. The van der Waals surface area contributed by atoms with E-state index >= 15 is 0 Å². The van der Waals surface area contributed by atoms with Gasteiger partial charge in [0.1, 0.15) is 16.4 Å². The Balaban J connectivity index is 3.23. The van der Waals surface area contributed by atoms with Gasteiger partial charge >= 0.3 is 0 Å². The van der Waals surface area contributed by atoms with Crippen LogP contribution in [0.3, 0.4) is 0 Å². The number of nitrogens with two attached hydrogens (primary N) is 1. The molecule has 1 rings (SSSR count). The fourth-order valence-electron chi connectivity index (χ4n) is 1.70. The van der Waals surface area contributed by atoms with Crippen LogP contribution in [0.5, 0.6) is 0 Å². The lowest BCUT2D eigenvalue weighted by Gasteiger charge is -2.12. The normalized spacial score (nSPS) is 13.9. The number of rotatable bonds is 5. The number of sulfonamides is 1. The van der Waals surface area contributed by atoms with Gasteiger partial charge in [0.25, 0.3) is 0 Å². The Hall–Kier alpha value is -0.850. The first kappa shape index (κ1) is 14.2. The second kappa shape index (κ2) is 5.20. The van der Waals surface area contributed by atoms with Crippen molar-refractivity contribution >= 4 is 10.0 Å². The minimum Gasteiger partial charge on any atom is -0.465 e. The molecule has 0 amide bonds. The van der Waals surface area contributed by atoms with Gasteiger partial charge in [-0.2, -0.15) is 0 Å². The average molecular weight is 260 g/mol. The Labute approximate surface area is 102 Å². The van der Waals surface area contributed by atoms with Crippen LogP contribution in [-0.2, 0) is 16.6 Å².